The van der Waals surface area contributed by atoms with E-state index in [4.69, 9.17) is 5.11 Å². The van der Waals surface area contributed by atoms with Gasteiger partial charge in [-0.15, -0.1) is 0 Å². The van der Waals surface area contributed by atoms with Gasteiger partial charge in [0.25, 0.3) is 0 Å². The Hall–Kier alpha value is -1.35. The molecule has 0 radical (unpaired) electrons. The molecule has 5 heteroatoms. The first kappa shape index (κ1) is 14.7. The smallest absolute Gasteiger partial charge is 0.213 e. The average Bonchev–Trinajstić information content (AvgIpc) is 2.37. The van der Waals surface area contributed by atoms with Crippen molar-refractivity contribution in [1.29, 1.82) is 0 Å². The lowest BCUT2D eigenvalue weighted by Gasteiger charge is -2.16. The number of benzene rings is 1. The largest absolute Gasteiger partial charge is 0.384 e. The van der Waals surface area contributed by atoms with Gasteiger partial charge in [0.1, 0.15) is 6.61 Å². The Kier molecular flexibility index (Phi) is 5.35. The zero-order valence-corrected chi connectivity index (χ0v) is 11.4. The van der Waals surface area contributed by atoms with Crippen molar-refractivity contribution in [2.45, 2.75) is 13.5 Å². The summed E-state index contributed by atoms with van der Waals surface area (Å²) in [6, 6.07) is 7.32. The molecule has 98 valence electrons. The molecule has 18 heavy (non-hydrogen) atoms. The van der Waals surface area contributed by atoms with Crippen molar-refractivity contribution >= 4 is 10.0 Å². The van der Waals surface area contributed by atoms with Gasteiger partial charge in [0.2, 0.25) is 10.0 Å². The highest BCUT2D eigenvalue weighted by atomic mass is 32.2. The molecular weight excluding hydrogens is 250 g/mol. The van der Waals surface area contributed by atoms with Gasteiger partial charge in [-0.1, -0.05) is 30.0 Å². The van der Waals surface area contributed by atoms with Crippen LogP contribution in [-0.4, -0.2) is 37.2 Å². The summed E-state index contributed by atoms with van der Waals surface area (Å²) in [4.78, 5) is 0. The van der Waals surface area contributed by atoms with Gasteiger partial charge in [0, 0.05) is 19.2 Å². The van der Waals surface area contributed by atoms with Crippen LogP contribution < -0.4 is 0 Å². The summed E-state index contributed by atoms with van der Waals surface area (Å²) in [5, 5.41) is 8.69. The van der Waals surface area contributed by atoms with Gasteiger partial charge in [0.05, 0.1) is 5.75 Å². The molecule has 0 aliphatic heterocycles. The molecule has 0 unspecified atom stereocenters. The van der Waals surface area contributed by atoms with Crippen molar-refractivity contribution in [3.05, 3.63) is 35.4 Å². The zero-order valence-electron chi connectivity index (χ0n) is 10.5. The van der Waals surface area contributed by atoms with E-state index in [1.807, 2.05) is 24.3 Å². The van der Waals surface area contributed by atoms with Gasteiger partial charge in [-0.25, -0.2) is 12.7 Å². The fourth-order valence-electron chi connectivity index (χ4n) is 1.47. The minimum atomic E-state index is -3.20. The minimum Gasteiger partial charge on any atom is -0.384 e. The number of hydrogen-bond donors (Lipinski definition) is 1. The van der Waals surface area contributed by atoms with E-state index in [2.05, 4.69) is 11.8 Å². The molecule has 0 aromatic heterocycles. The van der Waals surface area contributed by atoms with Gasteiger partial charge in [-0.3, -0.25) is 0 Å². The molecule has 1 aromatic rings. The van der Waals surface area contributed by atoms with E-state index < -0.39 is 10.0 Å². The van der Waals surface area contributed by atoms with E-state index in [-0.39, 0.29) is 18.9 Å². The van der Waals surface area contributed by atoms with Crippen LogP contribution in [0.2, 0.25) is 0 Å². The molecule has 0 spiro atoms. The molecule has 0 amide bonds. The molecule has 1 aromatic carbocycles. The van der Waals surface area contributed by atoms with Crippen molar-refractivity contribution in [2.75, 3.05) is 19.4 Å². The molecule has 0 saturated carbocycles. The standard InChI is InChI=1S/C13H17NO3S/c1-3-18(16,17)14(2)11-13-8-5-4-7-12(13)9-6-10-15/h4-5,7-8,15H,3,10-11H2,1-2H3. The summed E-state index contributed by atoms with van der Waals surface area (Å²) in [5.41, 5.74) is 1.57. The van der Waals surface area contributed by atoms with Crippen molar-refractivity contribution in [3.8, 4) is 11.8 Å². The van der Waals surface area contributed by atoms with Crippen molar-refractivity contribution in [3.63, 3.8) is 0 Å². The molecule has 1 rings (SSSR count). The summed E-state index contributed by atoms with van der Waals surface area (Å²) in [6.07, 6.45) is 0. The SMILES string of the molecule is CCS(=O)(=O)N(C)Cc1ccccc1C#CCO. The van der Waals surface area contributed by atoms with Crippen LogP contribution in [0.1, 0.15) is 18.1 Å². The first-order chi connectivity index (χ1) is 8.51. The van der Waals surface area contributed by atoms with Gasteiger partial charge < -0.3 is 5.11 Å². The monoisotopic (exact) mass is 267 g/mol. The summed E-state index contributed by atoms with van der Waals surface area (Å²) < 4.78 is 24.7. The van der Waals surface area contributed by atoms with E-state index in [1.54, 1.807) is 14.0 Å². The summed E-state index contributed by atoms with van der Waals surface area (Å²) in [6.45, 7) is 1.69. The normalized spacial score (nSPS) is 11.1. The Morgan fingerprint density at radius 1 is 1.33 bits per heavy atom. The van der Waals surface area contributed by atoms with E-state index in [0.717, 1.165) is 11.1 Å². The van der Waals surface area contributed by atoms with Gasteiger partial charge in [0.15, 0.2) is 0 Å². The second kappa shape index (κ2) is 6.55. The Labute approximate surface area is 108 Å². The second-order valence-corrected chi connectivity index (χ2v) is 6.14. The lowest BCUT2D eigenvalue weighted by atomic mass is 10.1. The highest BCUT2D eigenvalue weighted by Gasteiger charge is 2.16. The van der Waals surface area contributed by atoms with Crippen LogP contribution in [0.3, 0.4) is 0 Å². The third kappa shape index (κ3) is 3.84. The van der Waals surface area contributed by atoms with Crippen molar-refractivity contribution < 1.29 is 13.5 Å². The van der Waals surface area contributed by atoms with Crippen LogP contribution in [0.4, 0.5) is 0 Å². The maximum absolute atomic E-state index is 11.7. The number of aliphatic hydroxyl groups excluding tert-OH is 1. The Morgan fingerprint density at radius 3 is 2.61 bits per heavy atom. The van der Waals surface area contributed by atoms with Crippen molar-refractivity contribution in [2.24, 2.45) is 0 Å². The second-order valence-electron chi connectivity index (χ2n) is 3.77. The fourth-order valence-corrected chi connectivity index (χ4v) is 2.25. The molecule has 1 N–H and O–H groups in total. The summed E-state index contributed by atoms with van der Waals surface area (Å²) in [7, 11) is -1.65. The summed E-state index contributed by atoms with van der Waals surface area (Å²) in [5.74, 6) is 5.46. The highest BCUT2D eigenvalue weighted by Crippen LogP contribution is 2.12. The quantitative estimate of drug-likeness (QED) is 0.821. The number of nitrogens with zero attached hydrogens (tertiary/aromatic N) is 1. The molecular formula is C13H17NO3S. The zero-order chi connectivity index (χ0) is 13.6. The lowest BCUT2D eigenvalue weighted by molar-refractivity contribution is 0.350. The van der Waals surface area contributed by atoms with Crippen LogP contribution >= 0.6 is 0 Å². The first-order valence-electron chi connectivity index (χ1n) is 5.63. The van der Waals surface area contributed by atoms with Crippen LogP contribution in [0.15, 0.2) is 24.3 Å². The third-order valence-corrected chi connectivity index (χ3v) is 4.36. The number of hydrogen-bond acceptors (Lipinski definition) is 3. The van der Waals surface area contributed by atoms with E-state index in [0.29, 0.717) is 0 Å². The Morgan fingerprint density at radius 2 is 2.00 bits per heavy atom. The minimum absolute atomic E-state index is 0.0774. The van der Waals surface area contributed by atoms with Crippen LogP contribution in [-0.2, 0) is 16.6 Å². The van der Waals surface area contributed by atoms with Gasteiger partial charge in [-0.2, -0.15) is 0 Å². The molecule has 0 aliphatic carbocycles. The Balaban J connectivity index is 2.98. The third-order valence-electron chi connectivity index (χ3n) is 2.55. The predicted octanol–water partition coefficient (Wildman–Crippen LogP) is 0.812. The highest BCUT2D eigenvalue weighted by molar-refractivity contribution is 7.89. The lowest BCUT2D eigenvalue weighted by Crippen LogP contribution is -2.28. The molecule has 4 nitrogen and oxygen atoms in total. The van der Waals surface area contributed by atoms with Crippen LogP contribution in [0.5, 0.6) is 0 Å². The van der Waals surface area contributed by atoms with E-state index in [9.17, 15) is 8.42 Å². The molecule has 0 atom stereocenters. The molecule has 0 heterocycles. The van der Waals surface area contributed by atoms with Crippen LogP contribution in [0.25, 0.3) is 0 Å². The maximum Gasteiger partial charge on any atom is 0.213 e. The first-order valence-corrected chi connectivity index (χ1v) is 7.23. The van der Waals surface area contributed by atoms with E-state index >= 15 is 0 Å². The average molecular weight is 267 g/mol. The molecule has 0 saturated heterocycles. The van der Waals surface area contributed by atoms with Gasteiger partial charge in [-0.05, 0) is 18.6 Å². The number of sulfonamides is 1. The Bertz CT molecular complexity index is 555. The van der Waals surface area contributed by atoms with E-state index in [1.165, 1.54) is 4.31 Å². The fraction of sp³-hybridized carbons (Fsp3) is 0.385. The van der Waals surface area contributed by atoms with Gasteiger partial charge >= 0.3 is 0 Å². The van der Waals surface area contributed by atoms with Crippen molar-refractivity contribution in [1.82, 2.24) is 4.31 Å². The topological polar surface area (TPSA) is 57.6 Å². The van der Waals surface area contributed by atoms with Crippen LogP contribution in [0, 0.1) is 11.8 Å². The molecule has 0 fully saturated rings. The molecule has 0 aliphatic rings. The predicted molar refractivity (Wildman–Crippen MR) is 71.3 cm³/mol. The molecule has 0 bridgehead atoms. The summed E-state index contributed by atoms with van der Waals surface area (Å²) >= 11 is 0. The maximum atomic E-state index is 11.7. The number of rotatable bonds is 4. The number of aliphatic hydroxyl groups is 1.